The number of nitriles is 1. The maximum Gasteiger partial charge on any atom is 0.0991 e. The van der Waals surface area contributed by atoms with Gasteiger partial charge in [-0.1, -0.05) is 90.6 Å². The van der Waals surface area contributed by atoms with Gasteiger partial charge >= 0.3 is 0 Å². The van der Waals surface area contributed by atoms with Gasteiger partial charge < -0.3 is 0 Å². The molecule has 0 saturated heterocycles. The molecule has 0 atom stereocenters. The van der Waals surface area contributed by atoms with E-state index in [2.05, 4.69) is 78.5 Å². The Morgan fingerprint density at radius 1 is 0.769 bits per heavy atom. The van der Waals surface area contributed by atoms with Crippen LogP contribution in [0.5, 0.6) is 0 Å². The zero-order valence-corrected chi connectivity index (χ0v) is 17.3. The Balaban J connectivity index is 0.000000260. The van der Waals surface area contributed by atoms with Crippen molar-refractivity contribution in [1.29, 1.82) is 5.26 Å². The summed E-state index contributed by atoms with van der Waals surface area (Å²) in [6.45, 7) is 17.2. The van der Waals surface area contributed by atoms with Gasteiger partial charge in [-0.3, -0.25) is 0 Å². The van der Waals surface area contributed by atoms with Gasteiger partial charge in [-0.05, 0) is 52.5 Å². The molecule has 0 spiro atoms. The van der Waals surface area contributed by atoms with Crippen molar-refractivity contribution in [2.24, 2.45) is 10.8 Å². The van der Waals surface area contributed by atoms with E-state index in [1.54, 1.807) is 0 Å². The molecule has 0 unspecified atom stereocenters. The summed E-state index contributed by atoms with van der Waals surface area (Å²) in [6, 6.07) is 18.5. The van der Waals surface area contributed by atoms with Crippen LogP contribution in [0.25, 0.3) is 6.08 Å². The van der Waals surface area contributed by atoms with E-state index in [0.717, 1.165) is 18.4 Å². The number of benzene rings is 2. The van der Waals surface area contributed by atoms with Gasteiger partial charge in [0, 0.05) is 0 Å². The number of nitrogens with zero attached hydrogens (tertiary/aromatic N) is 1. The lowest BCUT2D eigenvalue weighted by atomic mass is 9.88. The van der Waals surface area contributed by atoms with Crippen molar-refractivity contribution in [3.63, 3.8) is 0 Å². The summed E-state index contributed by atoms with van der Waals surface area (Å²) < 4.78 is 0. The Hall–Kier alpha value is -2.33. The lowest BCUT2D eigenvalue weighted by Gasteiger charge is -2.17. The van der Waals surface area contributed by atoms with Crippen LogP contribution in [0.3, 0.4) is 0 Å². The smallest absolute Gasteiger partial charge is 0.0991 e. The molecule has 138 valence electrons. The molecule has 0 fully saturated rings. The predicted molar refractivity (Wildman–Crippen MR) is 114 cm³/mol. The van der Waals surface area contributed by atoms with Gasteiger partial charge in [0.1, 0.15) is 0 Å². The van der Waals surface area contributed by atoms with E-state index in [1.807, 2.05) is 30.3 Å². The van der Waals surface area contributed by atoms with Crippen molar-refractivity contribution in [3.8, 4) is 6.07 Å². The molecule has 0 N–H and O–H groups in total. The van der Waals surface area contributed by atoms with Crippen LogP contribution >= 0.6 is 0 Å². The van der Waals surface area contributed by atoms with Crippen LogP contribution < -0.4 is 0 Å². The molecule has 26 heavy (non-hydrogen) atoms. The Kier molecular flexibility index (Phi) is 7.84. The summed E-state index contributed by atoms with van der Waals surface area (Å²) in [5.41, 5.74) is 5.31. The Labute approximate surface area is 160 Å². The first kappa shape index (κ1) is 21.7. The van der Waals surface area contributed by atoms with E-state index in [4.69, 9.17) is 5.26 Å². The highest BCUT2D eigenvalue weighted by molar-refractivity contribution is 5.47. The monoisotopic (exact) mass is 347 g/mol. The summed E-state index contributed by atoms with van der Waals surface area (Å²) >= 11 is 0. The molecule has 0 heterocycles. The second kappa shape index (κ2) is 9.39. The molecule has 2 rings (SSSR count). The first-order chi connectivity index (χ1) is 12.0. The van der Waals surface area contributed by atoms with Gasteiger partial charge in [0.2, 0.25) is 0 Å². The molecule has 0 bridgehead atoms. The minimum atomic E-state index is 0.314. The molecule has 0 radical (unpaired) electrons. The first-order valence-electron chi connectivity index (χ1n) is 9.23. The lowest BCUT2D eigenvalue weighted by Crippen LogP contribution is -2.08. The molecule has 2 aromatic rings. The normalized spacial score (nSPS) is 11.1. The molecule has 1 heteroatoms. The van der Waals surface area contributed by atoms with E-state index in [1.165, 1.54) is 16.7 Å². The van der Waals surface area contributed by atoms with Crippen LogP contribution in [0, 0.1) is 22.2 Å². The molecule has 2 aromatic carbocycles. The molecule has 0 aromatic heterocycles. The standard InChI is InChI=1S/C13H18.C12H15N/c1-5-11-6-8-12(9-7-11)10-13(2,3)4;1-12(2,3)8-10-4-6-11(9-13)7-5-10/h5-9H,1,10H2,2-4H3;4-7H,8H2,1-3H3. The molecule has 0 aliphatic rings. The van der Waals surface area contributed by atoms with Crippen LogP contribution in [-0.2, 0) is 12.8 Å². The third kappa shape index (κ3) is 9.23. The molecule has 1 nitrogen and oxygen atoms in total. The minimum Gasteiger partial charge on any atom is -0.192 e. The van der Waals surface area contributed by atoms with Crippen LogP contribution in [0.2, 0.25) is 0 Å². The van der Waals surface area contributed by atoms with Crippen LogP contribution in [0.1, 0.15) is 63.8 Å². The van der Waals surface area contributed by atoms with Crippen molar-refractivity contribution in [2.45, 2.75) is 54.4 Å². The highest BCUT2D eigenvalue weighted by Crippen LogP contribution is 2.21. The Morgan fingerprint density at radius 3 is 1.46 bits per heavy atom. The SMILES string of the molecule is C=Cc1ccc(CC(C)(C)C)cc1.CC(C)(C)Cc1ccc(C#N)cc1. The van der Waals surface area contributed by atoms with Gasteiger partial charge in [0.15, 0.2) is 0 Å². The van der Waals surface area contributed by atoms with E-state index >= 15 is 0 Å². The molecular formula is C25H33N. The summed E-state index contributed by atoms with van der Waals surface area (Å²) in [5.74, 6) is 0. The lowest BCUT2D eigenvalue weighted by molar-refractivity contribution is 0.411. The van der Waals surface area contributed by atoms with Crippen LogP contribution in [-0.4, -0.2) is 0 Å². The van der Waals surface area contributed by atoms with E-state index in [0.29, 0.717) is 10.8 Å². The van der Waals surface area contributed by atoms with Gasteiger partial charge in [-0.25, -0.2) is 0 Å². The van der Waals surface area contributed by atoms with E-state index in [-0.39, 0.29) is 0 Å². The number of hydrogen-bond donors (Lipinski definition) is 0. The highest BCUT2D eigenvalue weighted by atomic mass is 14.2. The average molecular weight is 348 g/mol. The molecule has 0 aliphatic heterocycles. The third-order valence-corrected chi connectivity index (χ3v) is 3.77. The van der Waals surface area contributed by atoms with Crippen LogP contribution in [0.4, 0.5) is 0 Å². The summed E-state index contributed by atoms with van der Waals surface area (Å²) in [4.78, 5) is 0. The highest BCUT2D eigenvalue weighted by Gasteiger charge is 2.11. The van der Waals surface area contributed by atoms with E-state index < -0.39 is 0 Å². The fourth-order valence-corrected chi connectivity index (χ4v) is 2.69. The van der Waals surface area contributed by atoms with Crippen molar-refractivity contribution in [1.82, 2.24) is 0 Å². The van der Waals surface area contributed by atoms with Crippen molar-refractivity contribution < 1.29 is 0 Å². The van der Waals surface area contributed by atoms with Gasteiger partial charge in [0.25, 0.3) is 0 Å². The van der Waals surface area contributed by atoms with Crippen molar-refractivity contribution in [3.05, 3.63) is 77.4 Å². The Bertz CT molecular complexity index is 714. The average Bonchev–Trinajstić information content (AvgIpc) is 2.54. The topological polar surface area (TPSA) is 23.8 Å². The molecular weight excluding hydrogens is 314 g/mol. The van der Waals surface area contributed by atoms with Gasteiger partial charge in [-0.2, -0.15) is 5.26 Å². The fraction of sp³-hybridized carbons (Fsp3) is 0.400. The predicted octanol–water partition coefficient (Wildman–Crippen LogP) is 7.07. The maximum absolute atomic E-state index is 8.61. The van der Waals surface area contributed by atoms with Crippen molar-refractivity contribution in [2.75, 3.05) is 0 Å². The molecule has 0 saturated carbocycles. The second-order valence-corrected chi connectivity index (χ2v) is 9.23. The summed E-state index contributed by atoms with van der Waals surface area (Å²) in [6.07, 6.45) is 4.06. The zero-order valence-electron chi connectivity index (χ0n) is 17.3. The third-order valence-electron chi connectivity index (χ3n) is 3.77. The van der Waals surface area contributed by atoms with Gasteiger partial charge in [0.05, 0.1) is 11.6 Å². The van der Waals surface area contributed by atoms with Crippen LogP contribution in [0.15, 0.2) is 55.1 Å². The number of rotatable bonds is 3. The second-order valence-electron chi connectivity index (χ2n) is 9.23. The number of hydrogen-bond acceptors (Lipinski definition) is 1. The maximum atomic E-state index is 8.61. The first-order valence-corrected chi connectivity index (χ1v) is 9.23. The summed E-state index contributed by atoms with van der Waals surface area (Å²) in [7, 11) is 0. The quantitative estimate of drug-likeness (QED) is 0.582. The molecule has 0 amide bonds. The van der Waals surface area contributed by atoms with E-state index in [9.17, 15) is 0 Å². The largest absolute Gasteiger partial charge is 0.192 e. The molecule has 0 aliphatic carbocycles. The fourth-order valence-electron chi connectivity index (χ4n) is 2.69. The summed E-state index contributed by atoms with van der Waals surface area (Å²) in [5, 5.41) is 8.61. The van der Waals surface area contributed by atoms with Crippen molar-refractivity contribution >= 4 is 6.08 Å². The Morgan fingerprint density at radius 2 is 1.15 bits per heavy atom. The minimum absolute atomic E-state index is 0.314. The van der Waals surface area contributed by atoms with Gasteiger partial charge in [-0.15, -0.1) is 0 Å². The zero-order chi connectivity index (χ0) is 19.8.